The topological polar surface area (TPSA) is 109 Å². The first-order chi connectivity index (χ1) is 9.93. The van der Waals surface area contributed by atoms with E-state index in [1.807, 2.05) is 6.92 Å². The molecule has 0 atom stereocenters. The molecule has 0 fully saturated rings. The SMILES string of the molecule is CCC(CC)(NC(=O)c1nc2nccc(C)n2n1)C(=O)O. The smallest absolute Gasteiger partial charge is 0.329 e. The van der Waals surface area contributed by atoms with E-state index in [1.165, 1.54) is 4.52 Å². The zero-order chi connectivity index (χ0) is 15.6. The van der Waals surface area contributed by atoms with Gasteiger partial charge in [-0.05, 0) is 25.8 Å². The fourth-order valence-electron chi connectivity index (χ4n) is 2.06. The summed E-state index contributed by atoms with van der Waals surface area (Å²) in [6, 6.07) is 1.74. The fraction of sp³-hybridized carbons (Fsp3) is 0.462. The van der Waals surface area contributed by atoms with Crippen LogP contribution in [0.15, 0.2) is 12.3 Å². The Balaban J connectivity index is 2.34. The average Bonchev–Trinajstić information content (AvgIpc) is 2.90. The van der Waals surface area contributed by atoms with Crippen molar-refractivity contribution in [1.82, 2.24) is 24.9 Å². The second-order valence-corrected chi connectivity index (χ2v) is 4.78. The van der Waals surface area contributed by atoms with Gasteiger partial charge in [-0.3, -0.25) is 4.79 Å². The molecule has 0 saturated carbocycles. The van der Waals surface area contributed by atoms with Crippen molar-refractivity contribution in [2.45, 2.75) is 39.2 Å². The van der Waals surface area contributed by atoms with Crippen molar-refractivity contribution in [3.05, 3.63) is 23.8 Å². The predicted molar refractivity (Wildman–Crippen MR) is 73.9 cm³/mol. The molecule has 0 aromatic carbocycles. The molecule has 1 amide bonds. The predicted octanol–water partition coefficient (Wildman–Crippen LogP) is 0.806. The Morgan fingerprint density at radius 3 is 2.57 bits per heavy atom. The highest BCUT2D eigenvalue weighted by Crippen LogP contribution is 2.16. The van der Waals surface area contributed by atoms with Crippen LogP contribution in [-0.2, 0) is 4.79 Å². The summed E-state index contributed by atoms with van der Waals surface area (Å²) < 4.78 is 1.44. The monoisotopic (exact) mass is 291 g/mol. The molecule has 0 radical (unpaired) electrons. The van der Waals surface area contributed by atoms with Crippen molar-refractivity contribution in [2.24, 2.45) is 0 Å². The van der Waals surface area contributed by atoms with E-state index in [0.29, 0.717) is 5.78 Å². The van der Waals surface area contributed by atoms with Gasteiger partial charge in [0.2, 0.25) is 5.82 Å². The van der Waals surface area contributed by atoms with Gasteiger partial charge in [0.1, 0.15) is 5.54 Å². The van der Waals surface area contributed by atoms with Gasteiger partial charge in [0.25, 0.3) is 11.7 Å². The van der Waals surface area contributed by atoms with Crippen LogP contribution in [0.3, 0.4) is 0 Å². The number of hydrogen-bond donors (Lipinski definition) is 2. The molecular formula is C13H17N5O3. The molecule has 0 aliphatic heterocycles. The van der Waals surface area contributed by atoms with Crippen molar-refractivity contribution in [3.8, 4) is 0 Å². The zero-order valence-corrected chi connectivity index (χ0v) is 12.1. The first kappa shape index (κ1) is 14.9. The van der Waals surface area contributed by atoms with Crippen LogP contribution in [0.25, 0.3) is 5.78 Å². The molecule has 21 heavy (non-hydrogen) atoms. The van der Waals surface area contributed by atoms with E-state index in [4.69, 9.17) is 0 Å². The number of fused-ring (bicyclic) bond motifs is 1. The molecule has 8 nitrogen and oxygen atoms in total. The lowest BCUT2D eigenvalue weighted by Crippen LogP contribution is -2.53. The molecule has 2 rings (SSSR count). The summed E-state index contributed by atoms with van der Waals surface area (Å²) in [7, 11) is 0. The van der Waals surface area contributed by atoms with Gasteiger partial charge in [0.15, 0.2) is 0 Å². The molecule has 2 heterocycles. The van der Waals surface area contributed by atoms with Crippen LogP contribution in [0.4, 0.5) is 0 Å². The lowest BCUT2D eigenvalue weighted by molar-refractivity contribution is -0.144. The summed E-state index contributed by atoms with van der Waals surface area (Å²) in [5.74, 6) is -1.48. The summed E-state index contributed by atoms with van der Waals surface area (Å²) >= 11 is 0. The number of amides is 1. The number of nitrogens with zero attached hydrogens (tertiary/aromatic N) is 4. The van der Waals surface area contributed by atoms with Crippen LogP contribution in [0, 0.1) is 6.92 Å². The van der Waals surface area contributed by atoms with E-state index >= 15 is 0 Å². The number of aliphatic carboxylic acids is 1. The Hall–Kier alpha value is -2.51. The standard InChI is InChI=1S/C13H17N5O3/c1-4-13(5-2,11(20)21)16-10(19)9-15-12-14-7-6-8(3)18(12)17-9/h6-7H,4-5H2,1-3H3,(H,16,19)(H,20,21). The normalized spacial score (nSPS) is 11.6. The first-order valence-corrected chi connectivity index (χ1v) is 6.68. The van der Waals surface area contributed by atoms with Crippen LogP contribution >= 0.6 is 0 Å². The minimum atomic E-state index is -1.31. The number of rotatable bonds is 5. The summed E-state index contributed by atoms with van der Waals surface area (Å²) in [5, 5.41) is 15.9. The summed E-state index contributed by atoms with van der Waals surface area (Å²) in [4.78, 5) is 31.7. The third kappa shape index (κ3) is 2.56. The molecule has 0 bridgehead atoms. The molecule has 2 aromatic heterocycles. The maximum atomic E-state index is 12.2. The van der Waals surface area contributed by atoms with Gasteiger partial charge in [0, 0.05) is 11.9 Å². The molecule has 0 aliphatic rings. The molecule has 2 aromatic rings. The second-order valence-electron chi connectivity index (χ2n) is 4.78. The Morgan fingerprint density at radius 2 is 2.05 bits per heavy atom. The van der Waals surface area contributed by atoms with Crippen LogP contribution < -0.4 is 5.32 Å². The lowest BCUT2D eigenvalue weighted by Gasteiger charge is -2.27. The van der Waals surface area contributed by atoms with E-state index in [2.05, 4.69) is 20.4 Å². The number of nitrogens with one attached hydrogen (secondary N) is 1. The lowest BCUT2D eigenvalue weighted by atomic mass is 9.93. The molecule has 0 saturated heterocycles. The average molecular weight is 291 g/mol. The molecule has 0 unspecified atom stereocenters. The number of carboxylic acids is 1. The number of carboxylic acid groups (broad SMARTS) is 1. The van der Waals surface area contributed by atoms with Crippen LogP contribution in [0.5, 0.6) is 0 Å². The van der Waals surface area contributed by atoms with Crippen molar-refractivity contribution >= 4 is 17.7 Å². The van der Waals surface area contributed by atoms with E-state index in [1.54, 1.807) is 26.1 Å². The van der Waals surface area contributed by atoms with E-state index in [-0.39, 0.29) is 18.7 Å². The van der Waals surface area contributed by atoms with Gasteiger partial charge in [-0.15, -0.1) is 5.10 Å². The Kier molecular flexibility index (Phi) is 3.88. The third-order valence-electron chi connectivity index (χ3n) is 3.60. The minimum Gasteiger partial charge on any atom is -0.480 e. The van der Waals surface area contributed by atoms with Gasteiger partial charge in [0.05, 0.1) is 0 Å². The number of aryl methyl sites for hydroxylation is 1. The summed E-state index contributed by atoms with van der Waals surface area (Å²) in [6.45, 7) is 5.23. The molecule has 2 N–H and O–H groups in total. The van der Waals surface area contributed by atoms with Crippen molar-refractivity contribution < 1.29 is 14.7 Å². The van der Waals surface area contributed by atoms with Crippen LogP contribution in [0.1, 0.15) is 43.0 Å². The fourth-order valence-corrected chi connectivity index (χ4v) is 2.06. The van der Waals surface area contributed by atoms with Crippen LogP contribution in [0.2, 0.25) is 0 Å². The zero-order valence-electron chi connectivity index (χ0n) is 12.1. The highest BCUT2D eigenvalue weighted by molar-refractivity contribution is 5.95. The number of hydrogen-bond acceptors (Lipinski definition) is 5. The van der Waals surface area contributed by atoms with Gasteiger partial charge < -0.3 is 10.4 Å². The molecule has 8 heteroatoms. The quantitative estimate of drug-likeness (QED) is 0.843. The van der Waals surface area contributed by atoms with Crippen molar-refractivity contribution in [1.29, 1.82) is 0 Å². The van der Waals surface area contributed by atoms with Gasteiger partial charge in [-0.25, -0.2) is 14.3 Å². The van der Waals surface area contributed by atoms with Gasteiger partial charge in [-0.1, -0.05) is 13.8 Å². The maximum Gasteiger partial charge on any atom is 0.329 e. The van der Waals surface area contributed by atoms with Crippen molar-refractivity contribution in [2.75, 3.05) is 0 Å². The summed E-state index contributed by atoms with van der Waals surface area (Å²) in [5.41, 5.74) is -0.529. The molecular weight excluding hydrogens is 274 g/mol. The number of carbonyl (C=O) groups is 2. The Bertz CT molecular complexity index is 690. The van der Waals surface area contributed by atoms with Crippen molar-refractivity contribution in [3.63, 3.8) is 0 Å². The van der Waals surface area contributed by atoms with Gasteiger partial charge in [-0.2, -0.15) is 4.98 Å². The third-order valence-corrected chi connectivity index (χ3v) is 3.60. The molecule has 0 spiro atoms. The minimum absolute atomic E-state index is 0.0932. The van der Waals surface area contributed by atoms with Crippen LogP contribution in [-0.4, -0.2) is 42.1 Å². The Morgan fingerprint density at radius 1 is 1.38 bits per heavy atom. The Labute approximate surface area is 121 Å². The maximum absolute atomic E-state index is 12.2. The largest absolute Gasteiger partial charge is 0.480 e. The summed E-state index contributed by atoms with van der Waals surface area (Å²) in [6.07, 6.45) is 2.12. The highest BCUT2D eigenvalue weighted by Gasteiger charge is 2.37. The molecule has 112 valence electrons. The van der Waals surface area contributed by atoms with E-state index in [9.17, 15) is 14.7 Å². The molecule has 0 aliphatic carbocycles. The number of carbonyl (C=O) groups excluding carboxylic acids is 1. The number of aromatic nitrogens is 4. The van der Waals surface area contributed by atoms with E-state index in [0.717, 1.165) is 5.69 Å². The second kappa shape index (κ2) is 5.47. The van der Waals surface area contributed by atoms with Gasteiger partial charge >= 0.3 is 5.97 Å². The van der Waals surface area contributed by atoms with E-state index < -0.39 is 17.4 Å². The first-order valence-electron chi connectivity index (χ1n) is 6.68. The highest BCUT2D eigenvalue weighted by atomic mass is 16.4.